The Balaban J connectivity index is 1.32. The number of fused-ring (bicyclic) bond motifs is 2. The predicted octanol–water partition coefficient (Wildman–Crippen LogP) is 5.24. The second-order valence-corrected chi connectivity index (χ2v) is 12.0. The number of para-hydroxylation sites is 1. The van der Waals surface area contributed by atoms with Crippen LogP contribution in [0.15, 0.2) is 54.9 Å². The van der Waals surface area contributed by atoms with Crippen molar-refractivity contribution in [3.05, 3.63) is 76.1 Å². The van der Waals surface area contributed by atoms with Crippen LogP contribution >= 0.6 is 0 Å². The normalized spacial score (nSPS) is 18.7. The van der Waals surface area contributed by atoms with Crippen molar-refractivity contribution >= 4 is 56.4 Å². The first kappa shape index (κ1) is 31.2. The number of unbranched alkanes of at least 4 members (excludes halogenated alkanes) is 1. The Morgan fingerprint density at radius 2 is 1.65 bits per heavy atom. The Morgan fingerprint density at radius 3 is 2.35 bits per heavy atom. The van der Waals surface area contributed by atoms with E-state index in [1.807, 2.05) is 42.1 Å². The number of nitrogens with one attached hydrogen (secondary N) is 1. The van der Waals surface area contributed by atoms with Gasteiger partial charge in [-0.15, -0.1) is 0 Å². The van der Waals surface area contributed by atoms with Crippen LogP contribution in [0, 0.1) is 16.0 Å². The van der Waals surface area contributed by atoms with E-state index in [1.54, 1.807) is 23.9 Å². The monoisotopic (exact) mass is 627 g/mol. The number of non-ortho nitro benzene ring substituents is 1. The number of hydrogen-bond acceptors (Lipinski definition) is 8. The number of rotatable bonds is 11. The molecule has 2 aliphatic rings. The maximum atomic E-state index is 14.2. The minimum atomic E-state index is -0.598. The predicted molar refractivity (Wildman–Crippen MR) is 172 cm³/mol. The highest BCUT2D eigenvalue weighted by atomic mass is 16.6. The van der Waals surface area contributed by atoms with Gasteiger partial charge in [-0.2, -0.15) is 5.48 Å². The topological polar surface area (TPSA) is 138 Å². The van der Waals surface area contributed by atoms with Crippen molar-refractivity contribution in [1.82, 2.24) is 19.5 Å². The molecule has 1 aliphatic heterocycles. The molecule has 12 nitrogen and oxygen atoms in total. The summed E-state index contributed by atoms with van der Waals surface area (Å²) >= 11 is 0. The van der Waals surface area contributed by atoms with Gasteiger partial charge >= 0.3 is 5.97 Å². The van der Waals surface area contributed by atoms with Gasteiger partial charge in [0.2, 0.25) is 0 Å². The largest absolute Gasteiger partial charge is 0.443 e. The summed E-state index contributed by atoms with van der Waals surface area (Å²) in [5, 5.41) is 12.9. The number of nitrogens with zero attached hydrogens (tertiary/aromatic N) is 4. The summed E-state index contributed by atoms with van der Waals surface area (Å²) in [6, 6.07) is 12.0. The van der Waals surface area contributed by atoms with E-state index in [9.17, 15) is 24.5 Å². The zero-order chi connectivity index (χ0) is 32.5. The Kier molecular flexibility index (Phi) is 8.74. The van der Waals surface area contributed by atoms with Gasteiger partial charge in [-0.25, -0.2) is 4.90 Å². The van der Waals surface area contributed by atoms with Crippen molar-refractivity contribution in [2.24, 2.45) is 20.0 Å². The molecule has 0 saturated heterocycles. The van der Waals surface area contributed by atoms with E-state index in [1.165, 1.54) is 12.1 Å². The SMILES string of the molecule is CCCCONC1CCCC(C(=O)OCN2C(=O)C(c3cn(C)c4ccccc34)=C(c3cn(C)c4cc([N+](=O)[O-])ccc34)C2=O)C1. The fraction of sp³-hybridized carbons (Fsp3) is 0.382. The fourth-order valence-corrected chi connectivity index (χ4v) is 6.57. The molecule has 46 heavy (non-hydrogen) atoms. The molecule has 2 aromatic carbocycles. The van der Waals surface area contributed by atoms with Crippen molar-refractivity contribution in [1.29, 1.82) is 0 Å². The lowest BCUT2D eigenvalue weighted by Gasteiger charge is -2.28. The maximum absolute atomic E-state index is 14.2. The summed E-state index contributed by atoms with van der Waals surface area (Å²) in [6.07, 6.45) is 8.39. The number of esters is 1. The van der Waals surface area contributed by atoms with E-state index < -0.39 is 29.4 Å². The molecule has 2 atom stereocenters. The first-order valence-electron chi connectivity index (χ1n) is 15.6. The number of nitro benzene ring substituents is 1. The lowest BCUT2D eigenvalue weighted by atomic mass is 9.86. The number of carbonyl (C=O) groups is 3. The number of amides is 2. The van der Waals surface area contributed by atoms with E-state index in [0.29, 0.717) is 41.5 Å². The molecule has 240 valence electrons. The number of aromatic nitrogens is 2. The first-order valence-corrected chi connectivity index (χ1v) is 15.6. The molecule has 1 aliphatic carbocycles. The number of ether oxygens (including phenoxy) is 1. The van der Waals surface area contributed by atoms with E-state index in [0.717, 1.165) is 41.5 Å². The van der Waals surface area contributed by atoms with Crippen molar-refractivity contribution in [2.75, 3.05) is 13.3 Å². The molecule has 4 aromatic rings. The molecule has 12 heteroatoms. The third-order valence-electron chi connectivity index (χ3n) is 8.98. The van der Waals surface area contributed by atoms with E-state index in [2.05, 4.69) is 12.4 Å². The summed E-state index contributed by atoms with van der Waals surface area (Å²) in [5.41, 5.74) is 5.78. The highest BCUT2D eigenvalue weighted by molar-refractivity contribution is 6.50. The molecule has 2 unspecified atom stereocenters. The van der Waals surface area contributed by atoms with Crippen LogP contribution in [0.1, 0.15) is 56.6 Å². The lowest BCUT2D eigenvalue weighted by molar-refractivity contribution is -0.384. The van der Waals surface area contributed by atoms with Gasteiger partial charge in [-0.1, -0.05) is 38.0 Å². The van der Waals surface area contributed by atoms with E-state index >= 15 is 0 Å². The summed E-state index contributed by atoms with van der Waals surface area (Å²) < 4.78 is 9.25. The minimum absolute atomic E-state index is 0.0200. The summed E-state index contributed by atoms with van der Waals surface area (Å²) in [5.74, 6) is -2.01. The molecular weight excluding hydrogens is 590 g/mol. The van der Waals surface area contributed by atoms with Crippen LogP contribution in [-0.2, 0) is 38.1 Å². The molecule has 1 N–H and O–H groups in total. The summed E-state index contributed by atoms with van der Waals surface area (Å²) in [6.45, 7) is 2.17. The first-order chi connectivity index (χ1) is 22.2. The zero-order valence-electron chi connectivity index (χ0n) is 26.2. The average molecular weight is 628 g/mol. The number of hydroxylamine groups is 1. The summed E-state index contributed by atoms with van der Waals surface area (Å²) in [7, 11) is 3.60. The number of benzene rings is 2. The molecule has 2 aromatic heterocycles. The molecule has 1 fully saturated rings. The third-order valence-corrected chi connectivity index (χ3v) is 8.98. The van der Waals surface area contributed by atoms with Crippen molar-refractivity contribution in [2.45, 2.75) is 51.5 Å². The van der Waals surface area contributed by atoms with E-state index in [-0.39, 0.29) is 28.8 Å². The highest BCUT2D eigenvalue weighted by Gasteiger charge is 2.42. The van der Waals surface area contributed by atoms with Gasteiger partial charge in [0, 0.05) is 72.1 Å². The Morgan fingerprint density at radius 1 is 0.978 bits per heavy atom. The van der Waals surface area contributed by atoms with Crippen molar-refractivity contribution in [3.8, 4) is 0 Å². The second kappa shape index (κ2) is 12.9. The third kappa shape index (κ3) is 5.69. The second-order valence-electron chi connectivity index (χ2n) is 12.0. The molecule has 0 radical (unpaired) electrons. The fourth-order valence-electron chi connectivity index (χ4n) is 6.57. The van der Waals surface area contributed by atoms with Crippen LogP contribution in [0.5, 0.6) is 0 Å². The van der Waals surface area contributed by atoms with Gasteiger partial charge in [0.15, 0.2) is 6.73 Å². The number of carbonyl (C=O) groups excluding carboxylic acids is 3. The van der Waals surface area contributed by atoms with Crippen molar-refractivity contribution in [3.63, 3.8) is 0 Å². The van der Waals surface area contributed by atoms with Gasteiger partial charge in [0.1, 0.15) is 0 Å². The highest BCUT2D eigenvalue weighted by Crippen LogP contribution is 2.42. The van der Waals surface area contributed by atoms with Crippen molar-refractivity contribution < 1.29 is 28.9 Å². The molecular formula is C34H37N5O7. The van der Waals surface area contributed by atoms with Crippen LogP contribution in [0.25, 0.3) is 33.0 Å². The van der Waals surface area contributed by atoms with Gasteiger partial charge < -0.3 is 18.7 Å². The number of hydrogen-bond donors (Lipinski definition) is 1. The van der Waals surface area contributed by atoms with Crippen LogP contribution in [0.4, 0.5) is 5.69 Å². The molecule has 1 saturated carbocycles. The minimum Gasteiger partial charge on any atom is -0.443 e. The Hall–Kier alpha value is -4.81. The van der Waals surface area contributed by atoms with Crippen LogP contribution in [0.3, 0.4) is 0 Å². The molecule has 6 rings (SSSR count). The molecule has 2 amide bonds. The smallest absolute Gasteiger partial charge is 0.310 e. The average Bonchev–Trinajstić information content (AvgIpc) is 3.65. The standard InChI is InChI=1S/C34H37N5O7/c1-4-5-15-46-35-22-10-8-9-21(16-22)34(42)45-20-38-32(40)30(26-18-36(2)28-12-7-6-11-24(26)28)31(33(38)41)27-19-37(3)29-17-23(39(43)44)13-14-25(27)29/h6-7,11-14,17-19,21-22,35H,4-5,8-10,15-16,20H2,1-3H3. The van der Waals surface area contributed by atoms with Crippen LogP contribution in [0.2, 0.25) is 0 Å². The van der Waals surface area contributed by atoms with Gasteiger partial charge in [-0.3, -0.25) is 24.5 Å². The maximum Gasteiger partial charge on any atom is 0.310 e. The lowest BCUT2D eigenvalue weighted by Crippen LogP contribution is -2.39. The number of nitro groups is 1. The molecule has 3 heterocycles. The molecule has 0 bridgehead atoms. The zero-order valence-corrected chi connectivity index (χ0v) is 26.2. The van der Waals surface area contributed by atoms with Crippen LogP contribution < -0.4 is 5.48 Å². The number of aryl methyl sites for hydroxylation is 2. The summed E-state index contributed by atoms with van der Waals surface area (Å²) in [4.78, 5) is 59.1. The van der Waals surface area contributed by atoms with Gasteiger partial charge in [0.25, 0.3) is 17.5 Å². The van der Waals surface area contributed by atoms with Crippen LogP contribution in [-0.4, -0.2) is 56.1 Å². The Labute approximate surface area is 265 Å². The molecule has 0 spiro atoms. The van der Waals surface area contributed by atoms with E-state index in [4.69, 9.17) is 9.57 Å². The Bertz CT molecular complexity index is 1890. The number of imide groups is 1. The van der Waals surface area contributed by atoms with Gasteiger partial charge in [0.05, 0.1) is 34.1 Å². The quantitative estimate of drug-likeness (QED) is 0.0784. The van der Waals surface area contributed by atoms with Gasteiger partial charge in [-0.05, 0) is 37.8 Å².